The Morgan fingerprint density at radius 1 is 1.07 bits per heavy atom. The van der Waals surface area contributed by atoms with E-state index >= 15 is 0 Å². The molecule has 0 aliphatic carbocycles. The number of nitrogens with zero attached hydrogens (tertiary/aromatic N) is 2. The molecule has 1 unspecified atom stereocenters. The van der Waals surface area contributed by atoms with E-state index in [2.05, 4.69) is 22.6 Å². The fourth-order valence-corrected chi connectivity index (χ4v) is 2.72. The van der Waals surface area contributed by atoms with Crippen molar-refractivity contribution in [1.82, 2.24) is 10.3 Å². The van der Waals surface area contributed by atoms with Crippen LogP contribution in [0.4, 0.5) is 5.82 Å². The van der Waals surface area contributed by atoms with Gasteiger partial charge in [0, 0.05) is 5.56 Å². The van der Waals surface area contributed by atoms with Crippen LogP contribution in [0.3, 0.4) is 0 Å². The number of carbonyl (C=O) groups is 1. The summed E-state index contributed by atoms with van der Waals surface area (Å²) in [5, 5.41) is 10.4. The zero-order valence-electron chi connectivity index (χ0n) is 16.8. The molecule has 0 spiro atoms. The van der Waals surface area contributed by atoms with Crippen molar-refractivity contribution in [2.24, 2.45) is 0 Å². The SMILES string of the molecule is CCc1ccc(OC(C)C(=O)Nc2nonc2-c2ccc(OC)c(OC)c2)cc1. The van der Waals surface area contributed by atoms with Gasteiger partial charge in [0.25, 0.3) is 5.91 Å². The molecule has 1 aromatic heterocycles. The molecule has 1 amide bonds. The number of anilines is 1. The Kier molecular flexibility index (Phi) is 6.33. The van der Waals surface area contributed by atoms with E-state index in [-0.39, 0.29) is 11.7 Å². The van der Waals surface area contributed by atoms with Gasteiger partial charge in [-0.25, -0.2) is 4.63 Å². The first-order valence-corrected chi connectivity index (χ1v) is 9.17. The zero-order valence-corrected chi connectivity index (χ0v) is 16.8. The fourth-order valence-electron chi connectivity index (χ4n) is 2.72. The average Bonchev–Trinajstić information content (AvgIpc) is 3.21. The van der Waals surface area contributed by atoms with E-state index in [0.29, 0.717) is 28.5 Å². The lowest BCUT2D eigenvalue weighted by atomic mass is 10.1. The van der Waals surface area contributed by atoms with Gasteiger partial charge in [0.05, 0.1) is 14.2 Å². The molecule has 0 bridgehead atoms. The normalized spacial score (nSPS) is 11.6. The van der Waals surface area contributed by atoms with Gasteiger partial charge in [-0.15, -0.1) is 0 Å². The van der Waals surface area contributed by atoms with Crippen LogP contribution in [-0.4, -0.2) is 36.5 Å². The summed E-state index contributed by atoms with van der Waals surface area (Å²) in [4.78, 5) is 12.6. The van der Waals surface area contributed by atoms with E-state index in [1.807, 2.05) is 24.3 Å². The monoisotopic (exact) mass is 397 g/mol. The largest absolute Gasteiger partial charge is 0.493 e. The minimum Gasteiger partial charge on any atom is -0.493 e. The molecule has 0 aliphatic heterocycles. The summed E-state index contributed by atoms with van der Waals surface area (Å²) in [5.74, 6) is 1.54. The third kappa shape index (κ3) is 4.66. The van der Waals surface area contributed by atoms with Crippen molar-refractivity contribution >= 4 is 11.7 Å². The third-order valence-corrected chi connectivity index (χ3v) is 4.40. The van der Waals surface area contributed by atoms with Crippen LogP contribution in [0.5, 0.6) is 17.2 Å². The van der Waals surface area contributed by atoms with E-state index in [4.69, 9.17) is 18.8 Å². The maximum atomic E-state index is 12.6. The zero-order chi connectivity index (χ0) is 20.8. The van der Waals surface area contributed by atoms with Gasteiger partial charge in [-0.1, -0.05) is 19.1 Å². The maximum Gasteiger partial charge on any atom is 0.266 e. The number of aryl methyl sites for hydroxylation is 1. The number of amides is 1. The average molecular weight is 397 g/mol. The molecule has 3 aromatic rings. The molecule has 0 radical (unpaired) electrons. The van der Waals surface area contributed by atoms with Crippen LogP contribution in [0.1, 0.15) is 19.4 Å². The Morgan fingerprint density at radius 2 is 1.79 bits per heavy atom. The van der Waals surface area contributed by atoms with Crippen molar-refractivity contribution in [3.05, 3.63) is 48.0 Å². The summed E-state index contributed by atoms with van der Waals surface area (Å²) in [6.45, 7) is 3.74. The van der Waals surface area contributed by atoms with E-state index in [9.17, 15) is 4.79 Å². The molecular formula is C21H23N3O5. The fraction of sp³-hybridized carbons (Fsp3) is 0.286. The number of carbonyl (C=O) groups excluding carboxylic acids is 1. The molecule has 0 aliphatic rings. The summed E-state index contributed by atoms with van der Waals surface area (Å²) >= 11 is 0. The highest BCUT2D eigenvalue weighted by atomic mass is 16.6. The van der Waals surface area contributed by atoms with E-state index in [1.54, 1.807) is 32.2 Å². The van der Waals surface area contributed by atoms with E-state index in [0.717, 1.165) is 6.42 Å². The molecule has 0 saturated carbocycles. The van der Waals surface area contributed by atoms with Crippen molar-refractivity contribution in [2.45, 2.75) is 26.4 Å². The number of hydrogen-bond donors (Lipinski definition) is 1. The van der Waals surface area contributed by atoms with E-state index < -0.39 is 6.10 Å². The molecule has 2 aromatic carbocycles. The van der Waals surface area contributed by atoms with Gasteiger partial charge in [0.15, 0.2) is 23.3 Å². The van der Waals surface area contributed by atoms with Crippen molar-refractivity contribution in [1.29, 1.82) is 0 Å². The number of benzene rings is 2. The highest BCUT2D eigenvalue weighted by molar-refractivity contribution is 5.96. The predicted molar refractivity (Wildman–Crippen MR) is 107 cm³/mol. The summed E-state index contributed by atoms with van der Waals surface area (Å²) in [5.41, 5.74) is 2.23. The molecule has 152 valence electrons. The number of nitrogens with one attached hydrogen (secondary N) is 1. The minimum atomic E-state index is -0.738. The van der Waals surface area contributed by atoms with Crippen molar-refractivity contribution in [2.75, 3.05) is 19.5 Å². The lowest BCUT2D eigenvalue weighted by Gasteiger charge is -2.14. The number of rotatable bonds is 8. The van der Waals surface area contributed by atoms with Gasteiger partial charge in [0.1, 0.15) is 5.75 Å². The van der Waals surface area contributed by atoms with Crippen molar-refractivity contribution in [3.63, 3.8) is 0 Å². The summed E-state index contributed by atoms with van der Waals surface area (Å²) in [6, 6.07) is 12.9. The minimum absolute atomic E-state index is 0.194. The third-order valence-electron chi connectivity index (χ3n) is 4.40. The quantitative estimate of drug-likeness (QED) is 0.619. The van der Waals surface area contributed by atoms with Gasteiger partial charge in [-0.3, -0.25) is 4.79 Å². The standard InChI is InChI=1S/C21H23N3O5/c1-5-14-6-9-16(10-7-14)28-13(2)21(25)22-20-19(23-29-24-20)15-8-11-17(26-3)18(12-15)27-4/h6-13H,5H2,1-4H3,(H,22,24,25). The Bertz CT molecular complexity index is 969. The summed E-state index contributed by atoms with van der Waals surface area (Å²) in [7, 11) is 3.09. The van der Waals surface area contributed by atoms with Crippen LogP contribution in [0.2, 0.25) is 0 Å². The first kappa shape index (κ1) is 20.2. The van der Waals surface area contributed by atoms with Gasteiger partial charge in [0.2, 0.25) is 5.82 Å². The second kappa shape index (κ2) is 9.09. The molecule has 1 atom stereocenters. The highest BCUT2D eigenvalue weighted by Crippen LogP contribution is 2.33. The molecule has 3 rings (SSSR count). The number of ether oxygens (including phenoxy) is 3. The van der Waals surface area contributed by atoms with Crippen LogP contribution >= 0.6 is 0 Å². The first-order chi connectivity index (χ1) is 14.0. The van der Waals surface area contributed by atoms with Crippen LogP contribution in [-0.2, 0) is 11.2 Å². The number of aromatic nitrogens is 2. The molecule has 0 saturated heterocycles. The molecule has 29 heavy (non-hydrogen) atoms. The van der Waals surface area contributed by atoms with E-state index in [1.165, 1.54) is 12.7 Å². The number of hydrogen-bond acceptors (Lipinski definition) is 7. The predicted octanol–water partition coefficient (Wildman–Crippen LogP) is 3.72. The number of methoxy groups -OCH3 is 2. The molecular weight excluding hydrogens is 374 g/mol. The summed E-state index contributed by atoms with van der Waals surface area (Å²) < 4.78 is 21.1. The lowest BCUT2D eigenvalue weighted by Crippen LogP contribution is -2.30. The molecule has 1 heterocycles. The van der Waals surface area contributed by atoms with Gasteiger partial charge < -0.3 is 19.5 Å². The lowest BCUT2D eigenvalue weighted by molar-refractivity contribution is -0.122. The molecule has 0 fully saturated rings. The van der Waals surface area contributed by atoms with Crippen LogP contribution in [0.15, 0.2) is 47.1 Å². The second-order valence-electron chi connectivity index (χ2n) is 6.28. The smallest absolute Gasteiger partial charge is 0.266 e. The summed E-state index contributed by atoms with van der Waals surface area (Å²) in [6.07, 6.45) is 0.200. The Morgan fingerprint density at radius 3 is 2.45 bits per heavy atom. The Balaban J connectivity index is 1.72. The van der Waals surface area contributed by atoms with Crippen molar-refractivity contribution in [3.8, 4) is 28.5 Å². The maximum absolute atomic E-state index is 12.6. The van der Waals surface area contributed by atoms with Crippen LogP contribution < -0.4 is 19.5 Å². The second-order valence-corrected chi connectivity index (χ2v) is 6.28. The van der Waals surface area contributed by atoms with Gasteiger partial charge in [-0.05, 0) is 59.6 Å². The first-order valence-electron chi connectivity index (χ1n) is 9.17. The topological polar surface area (TPSA) is 95.7 Å². The Hall–Kier alpha value is -3.55. The molecule has 1 N–H and O–H groups in total. The molecule has 8 nitrogen and oxygen atoms in total. The van der Waals surface area contributed by atoms with Crippen LogP contribution in [0, 0.1) is 0 Å². The van der Waals surface area contributed by atoms with Crippen LogP contribution in [0.25, 0.3) is 11.3 Å². The van der Waals surface area contributed by atoms with Gasteiger partial charge >= 0.3 is 0 Å². The highest BCUT2D eigenvalue weighted by Gasteiger charge is 2.21. The molecule has 8 heteroatoms. The van der Waals surface area contributed by atoms with Crippen molar-refractivity contribution < 1.29 is 23.6 Å². The Labute approximate surface area is 168 Å². The van der Waals surface area contributed by atoms with Gasteiger partial charge in [-0.2, -0.15) is 0 Å².